The monoisotopic (exact) mass is 317 g/mol. The van der Waals surface area contributed by atoms with E-state index in [1.807, 2.05) is 0 Å². The number of thiazole rings is 1. The van der Waals surface area contributed by atoms with Gasteiger partial charge in [-0.3, -0.25) is 9.78 Å². The molecule has 2 rings (SSSR count). The largest absolute Gasteiger partial charge is 0.294 e. The first-order valence-corrected chi connectivity index (χ1v) is 6.31. The van der Waals surface area contributed by atoms with Crippen molar-refractivity contribution in [3.05, 3.63) is 50.4 Å². The minimum absolute atomic E-state index is 0.132. The fraction of sp³-hybridized carbons (Fsp3) is 0.0909. The Morgan fingerprint density at radius 3 is 2.82 bits per heavy atom. The topological polar surface area (TPSA) is 30.0 Å². The van der Waals surface area contributed by atoms with Gasteiger partial charge in [0.2, 0.25) is 0 Å². The molecular weight excluding hydrogens is 312 g/mol. The number of hydrogen-bond acceptors (Lipinski definition) is 3. The molecular formula is C11H6BrF2NOS. The van der Waals surface area contributed by atoms with E-state index in [2.05, 4.69) is 20.9 Å². The fourth-order valence-electron chi connectivity index (χ4n) is 1.32. The lowest BCUT2D eigenvalue weighted by Gasteiger charge is -2.04. The first kappa shape index (κ1) is 12.3. The third-order valence-corrected chi connectivity index (χ3v) is 3.71. The molecule has 0 unspecified atom stereocenters. The molecule has 0 fully saturated rings. The van der Waals surface area contributed by atoms with Gasteiger partial charge in [0.25, 0.3) is 0 Å². The molecule has 2 nitrogen and oxygen atoms in total. The SMILES string of the molecule is O=C(Cc1cncs1)c1ccc(F)c(F)c1Br. The molecule has 1 heterocycles. The van der Waals surface area contributed by atoms with E-state index in [0.717, 1.165) is 10.9 Å². The van der Waals surface area contributed by atoms with Gasteiger partial charge in [0, 0.05) is 23.1 Å². The summed E-state index contributed by atoms with van der Waals surface area (Å²) in [6.07, 6.45) is 1.71. The third-order valence-electron chi connectivity index (χ3n) is 2.15. The number of halogens is 3. The van der Waals surface area contributed by atoms with Crippen LogP contribution in [0.4, 0.5) is 8.78 Å². The summed E-state index contributed by atoms with van der Waals surface area (Å²) in [4.78, 5) is 16.5. The van der Waals surface area contributed by atoms with Crippen molar-refractivity contribution in [3.8, 4) is 0 Å². The molecule has 88 valence electrons. The summed E-state index contributed by atoms with van der Waals surface area (Å²) in [5.41, 5.74) is 1.75. The number of nitrogens with zero attached hydrogens (tertiary/aromatic N) is 1. The number of hydrogen-bond donors (Lipinski definition) is 0. The van der Waals surface area contributed by atoms with Crippen LogP contribution in [0.2, 0.25) is 0 Å². The third kappa shape index (κ3) is 2.58. The molecule has 0 aliphatic carbocycles. The number of benzene rings is 1. The molecule has 17 heavy (non-hydrogen) atoms. The van der Waals surface area contributed by atoms with E-state index in [4.69, 9.17) is 0 Å². The van der Waals surface area contributed by atoms with E-state index in [1.165, 1.54) is 17.4 Å². The van der Waals surface area contributed by atoms with Crippen LogP contribution in [-0.4, -0.2) is 10.8 Å². The maximum absolute atomic E-state index is 13.2. The molecule has 0 bridgehead atoms. The lowest BCUT2D eigenvalue weighted by atomic mass is 10.1. The number of rotatable bonds is 3. The van der Waals surface area contributed by atoms with E-state index in [-0.39, 0.29) is 22.2 Å². The summed E-state index contributed by atoms with van der Waals surface area (Å²) >= 11 is 4.23. The highest BCUT2D eigenvalue weighted by Gasteiger charge is 2.17. The molecule has 1 aromatic carbocycles. The summed E-state index contributed by atoms with van der Waals surface area (Å²) in [5, 5.41) is 0. The zero-order valence-electron chi connectivity index (χ0n) is 8.41. The van der Waals surface area contributed by atoms with E-state index < -0.39 is 11.6 Å². The van der Waals surface area contributed by atoms with Crippen LogP contribution in [0.3, 0.4) is 0 Å². The Labute approximate surface area is 108 Å². The smallest absolute Gasteiger partial charge is 0.173 e. The molecule has 0 radical (unpaired) electrons. The first-order valence-electron chi connectivity index (χ1n) is 4.63. The number of carbonyl (C=O) groups excluding carboxylic acids is 1. The Bertz CT molecular complexity index is 557. The predicted molar refractivity (Wildman–Crippen MR) is 64.2 cm³/mol. The second-order valence-electron chi connectivity index (χ2n) is 3.29. The minimum atomic E-state index is -1.04. The lowest BCUT2D eigenvalue weighted by Crippen LogP contribution is -2.05. The van der Waals surface area contributed by atoms with Gasteiger partial charge in [-0.1, -0.05) is 0 Å². The summed E-state index contributed by atoms with van der Waals surface area (Å²) in [6.45, 7) is 0. The molecule has 0 atom stereocenters. The molecule has 0 spiro atoms. The quantitative estimate of drug-likeness (QED) is 0.639. The van der Waals surface area contributed by atoms with Gasteiger partial charge in [-0.05, 0) is 28.1 Å². The summed E-state index contributed by atoms with van der Waals surface area (Å²) in [5.74, 6) is -2.30. The van der Waals surface area contributed by atoms with E-state index in [0.29, 0.717) is 0 Å². The van der Waals surface area contributed by atoms with Gasteiger partial charge in [-0.25, -0.2) is 8.78 Å². The molecule has 0 aliphatic heterocycles. The molecule has 6 heteroatoms. The Hall–Kier alpha value is -1.14. The molecule has 2 aromatic rings. The van der Waals surface area contributed by atoms with Crippen LogP contribution in [-0.2, 0) is 6.42 Å². The minimum Gasteiger partial charge on any atom is -0.294 e. The standard InChI is InChI=1S/C11H6BrF2NOS/c12-10-7(1-2-8(13)11(10)14)9(16)3-6-4-15-5-17-6/h1-2,4-5H,3H2. The Balaban J connectivity index is 2.29. The lowest BCUT2D eigenvalue weighted by molar-refractivity contribution is 0.0992. The normalized spacial score (nSPS) is 10.5. The van der Waals surface area contributed by atoms with E-state index in [1.54, 1.807) is 11.7 Å². The number of carbonyl (C=O) groups is 1. The van der Waals surface area contributed by atoms with Crippen molar-refractivity contribution < 1.29 is 13.6 Å². The van der Waals surface area contributed by atoms with E-state index >= 15 is 0 Å². The first-order chi connectivity index (χ1) is 8.09. The van der Waals surface area contributed by atoms with E-state index in [9.17, 15) is 13.6 Å². The van der Waals surface area contributed by atoms with Crippen LogP contribution >= 0.6 is 27.3 Å². The van der Waals surface area contributed by atoms with Crippen LogP contribution in [0.1, 0.15) is 15.2 Å². The molecule has 0 aliphatic rings. The highest BCUT2D eigenvalue weighted by atomic mass is 79.9. The highest BCUT2D eigenvalue weighted by molar-refractivity contribution is 9.10. The van der Waals surface area contributed by atoms with Gasteiger partial charge in [-0.2, -0.15) is 0 Å². The van der Waals surface area contributed by atoms with Crippen LogP contribution in [0.25, 0.3) is 0 Å². The van der Waals surface area contributed by atoms with Gasteiger partial charge in [0.1, 0.15) is 0 Å². The number of ketones is 1. The average Bonchev–Trinajstić information content (AvgIpc) is 2.78. The summed E-state index contributed by atoms with van der Waals surface area (Å²) in [6, 6.07) is 2.21. The average molecular weight is 318 g/mol. The second kappa shape index (κ2) is 5.01. The van der Waals surface area contributed by atoms with Gasteiger partial charge in [-0.15, -0.1) is 11.3 Å². The van der Waals surface area contributed by atoms with Crippen LogP contribution in [0.5, 0.6) is 0 Å². The van der Waals surface area contributed by atoms with Crippen molar-refractivity contribution in [2.45, 2.75) is 6.42 Å². The fourth-order valence-corrected chi connectivity index (χ4v) is 2.46. The molecule has 1 aromatic heterocycles. The second-order valence-corrected chi connectivity index (χ2v) is 5.05. The van der Waals surface area contributed by atoms with Crippen molar-refractivity contribution in [2.75, 3.05) is 0 Å². The van der Waals surface area contributed by atoms with Gasteiger partial charge < -0.3 is 0 Å². The Kier molecular flexibility index (Phi) is 3.63. The molecule has 0 amide bonds. The number of Topliss-reactive ketones (excluding diaryl/α,β-unsaturated/α-hetero) is 1. The van der Waals surface area contributed by atoms with Crippen LogP contribution in [0.15, 0.2) is 28.3 Å². The Morgan fingerprint density at radius 1 is 1.41 bits per heavy atom. The number of aromatic nitrogens is 1. The van der Waals surface area contributed by atoms with Crippen LogP contribution < -0.4 is 0 Å². The van der Waals surface area contributed by atoms with Gasteiger partial charge in [0.15, 0.2) is 17.4 Å². The maximum atomic E-state index is 13.2. The molecule has 0 saturated carbocycles. The van der Waals surface area contributed by atoms with Gasteiger partial charge in [0.05, 0.1) is 9.98 Å². The predicted octanol–water partition coefficient (Wildman–Crippen LogP) is 3.61. The maximum Gasteiger partial charge on any atom is 0.173 e. The van der Waals surface area contributed by atoms with Crippen molar-refractivity contribution >= 4 is 33.0 Å². The zero-order chi connectivity index (χ0) is 12.4. The van der Waals surface area contributed by atoms with Crippen molar-refractivity contribution in [1.82, 2.24) is 4.98 Å². The van der Waals surface area contributed by atoms with Crippen LogP contribution in [0, 0.1) is 11.6 Å². The van der Waals surface area contributed by atoms with Gasteiger partial charge >= 0.3 is 0 Å². The summed E-state index contributed by atoms with van der Waals surface area (Å²) < 4.78 is 26.0. The van der Waals surface area contributed by atoms with Crippen molar-refractivity contribution in [1.29, 1.82) is 0 Å². The zero-order valence-corrected chi connectivity index (χ0v) is 10.8. The van der Waals surface area contributed by atoms with Crippen molar-refractivity contribution in [2.24, 2.45) is 0 Å². The highest BCUT2D eigenvalue weighted by Crippen LogP contribution is 2.24. The molecule has 0 saturated heterocycles. The Morgan fingerprint density at radius 2 is 2.18 bits per heavy atom. The molecule has 0 N–H and O–H groups in total. The van der Waals surface area contributed by atoms with Crippen molar-refractivity contribution in [3.63, 3.8) is 0 Å². The summed E-state index contributed by atoms with van der Waals surface area (Å²) in [7, 11) is 0.